The van der Waals surface area contributed by atoms with Crippen molar-refractivity contribution in [1.82, 2.24) is 9.79 Å². The summed E-state index contributed by atoms with van der Waals surface area (Å²) in [7, 11) is -2.89. The van der Waals surface area contributed by atoms with E-state index in [0.717, 1.165) is 10.6 Å². The summed E-state index contributed by atoms with van der Waals surface area (Å²) in [5.41, 5.74) is 1.35. The first kappa shape index (κ1) is 23.4. The monoisotopic (exact) mass is 462 g/mol. The van der Waals surface area contributed by atoms with E-state index in [4.69, 9.17) is 4.84 Å². The molecule has 0 bridgehead atoms. The lowest BCUT2D eigenvalue weighted by molar-refractivity contribution is -0.173. The predicted octanol–water partition coefficient (Wildman–Crippen LogP) is 2.38. The molecule has 10 heteroatoms. The van der Waals surface area contributed by atoms with E-state index >= 15 is 0 Å². The molecule has 2 amide bonds. The van der Waals surface area contributed by atoms with Gasteiger partial charge in [0.2, 0.25) is 10.0 Å². The van der Waals surface area contributed by atoms with Gasteiger partial charge in [0.25, 0.3) is 11.8 Å². The molecule has 0 saturated heterocycles. The smallest absolute Gasteiger partial charge is 0.299 e. The van der Waals surface area contributed by atoms with Crippen molar-refractivity contribution in [3.8, 4) is 0 Å². The number of carbonyl (C=O) groups is 2. The van der Waals surface area contributed by atoms with Crippen molar-refractivity contribution in [2.75, 3.05) is 7.11 Å². The van der Waals surface area contributed by atoms with Crippen LogP contribution in [0.2, 0.25) is 0 Å². The highest BCUT2D eigenvalue weighted by atomic mass is 32.2. The first-order valence-corrected chi connectivity index (χ1v) is 11.3. The van der Waals surface area contributed by atoms with Gasteiger partial charge in [0.15, 0.2) is 5.76 Å². The Balaban J connectivity index is 1.65. The van der Waals surface area contributed by atoms with E-state index in [0.29, 0.717) is 24.5 Å². The largest absolute Gasteiger partial charge is 0.503 e. The third kappa shape index (κ3) is 5.51. The van der Waals surface area contributed by atoms with Gasteiger partial charge in [0.1, 0.15) is 5.82 Å². The minimum Gasteiger partial charge on any atom is -0.503 e. The van der Waals surface area contributed by atoms with Crippen LogP contribution in [0, 0.1) is 5.82 Å². The fraction of sp³-hybridized carbons (Fsp3) is 0.273. The van der Waals surface area contributed by atoms with Crippen molar-refractivity contribution in [3.63, 3.8) is 0 Å². The van der Waals surface area contributed by atoms with Crippen molar-refractivity contribution in [2.24, 2.45) is 0 Å². The Kier molecular flexibility index (Phi) is 6.95. The first-order chi connectivity index (χ1) is 15.2. The summed E-state index contributed by atoms with van der Waals surface area (Å²) in [4.78, 5) is 29.5. The lowest BCUT2D eigenvalue weighted by atomic mass is 10.1. The molecule has 0 unspecified atom stereocenters. The predicted molar refractivity (Wildman–Crippen MR) is 114 cm³/mol. The molecule has 0 aliphatic heterocycles. The number of nitrogens with zero attached hydrogens (tertiary/aromatic N) is 1. The van der Waals surface area contributed by atoms with Crippen LogP contribution in [0.1, 0.15) is 24.0 Å². The van der Waals surface area contributed by atoms with Crippen LogP contribution >= 0.6 is 0 Å². The molecule has 1 aliphatic rings. The molecular weight excluding hydrogens is 439 g/mol. The molecule has 1 aliphatic carbocycles. The standard InChI is InChI=1S/C22H23FN2O6S/c1-31-25(15-17-7-9-18(23)10-8-17)20(27)13-19(26)21(28)24-32(29,30)22(11-12-22)14-16-5-3-2-4-6-16/h2-10,13,26H,11-12,14-15H2,1H3,(H,24,28). The maximum atomic E-state index is 13.0. The molecule has 1 saturated carbocycles. The molecule has 1 fully saturated rings. The normalized spacial score (nSPS) is 15.1. The van der Waals surface area contributed by atoms with Gasteiger partial charge >= 0.3 is 0 Å². The number of sulfonamides is 1. The third-order valence-electron chi connectivity index (χ3n) is 5.17. The molecule has 170 valence electrons. The number of carbonyl (C=O) groups excluding carboxylic acids is 2. The summed E-state index contributed by atoms with van der Waals surface area (Å²) in [5.74, 6) is -3.72. The molecule has 0 atom stereocenters. The highest BCUT2D eigenvalue weighted by Gasteiger charge is 2.55. The van der Waals surface area contributed by atoms with Crippen LogP contribution < -0.4 is 4.72 Å². The summed E-state index contributed by atoms with van der Waals surface area (Å²) in [5, 5.41) is 10.8. The lowest BCUT2D eigenvalue weighted by Crippen LogP contribution is -2.42. The molecule has 8 nitrogen and oxygen atoms in total. The molecule has 2 aromatic carbocycles. The van der Waals surface area contributed by atoms with Crippen LogP contribution in [0.15, 0.2) is 66.4 Å². The summed E-state index contributed by atoms with van der Waals surface area (Å²) < 4.78 is 39.3. The van der Waals surface area contributed by atoms with Gasteiger partial charge in [-0.15, -0.1) is 0 Å². The van der Waals surface area contributed by atoms with E-state index < -0.39 is 38.2 Å². The number of halogens is 1. The van der Waals surface area contributed by atoms with Crippen molar-refractivity contribution >= 4 is 21.8 Å². The number of aliphatic hydroxyl groups is 1. The molecule has 2 aromatic rings. The number of aliphatic hydroxyl groups excluding tert-OH is 1. The van der Waals surface area contributed by atoms with Gasteiger partial charge in [-0.3, -0.25) is 14.4 Å². The number of benzene rings is 2. The van der Waals surface area contributed by atoms with Crippen LogP contribution in [0.25, 0.3) is 0 Å². The molecule has 2 N–H and O–H groups in total. The van der Waals surface area contributed by atoms with Crippen LogP contribution in [0.4, 0.5) is 4.39 Å². The van der Waals surface area contributed by atoms with E-state index in [9.17, 15) is 27.5 Å². The van der Waals surface area contributed by atoms with Crippen LogP contribution in [0.3, 0.4) is 0 Å². The molecule has 32 heavy (non-hydrogen) atoms. The molecule has 0 aromatic heterocycles. The Labute approximate surface area is 185 Å². The highest BCUT2D eigenvalue weighted by molar-refractivity contribution is 7.91. The molecule has 3 rings (SSSR count). The van der Waals surface area contributed by atoms with Crippen molar-refractivity contribution in [2.45, 2.75) is 30.6 Å². The van der Waals surface area contributed by atoms with E-state index in [1.54, 1.807) is 24.3 Å². The Hall–Kier alpha value is -3.24. The number of amides is 2. The summed E-state index contributed by atoms with van der Waals surface area (Å²) in [6.45, 7) is -0.0838. The summed E-state index contributed by atoms with van der Waals surface area (Å²) in [6.07, 6.45) is 1.55. The van der Waals surface area contributed by atoms with E-state index in [1.165, 1.54) is 31.4 Å². The van der Waals surface area contributed by atoms with Gasteiger partial charge in [-0.1, -0.05) is 42.5 Å². The van der Waals surface area contributed by atoms with Gasteiger partial charge in [0, 0.05) is 0 Å². The van der Waals surface area contributed by atoms with Crippen molar-refractivity contribution in [1.29, 1.82) is 0 Å². The maximum absolute atomic E-state index is 13.0. The quantitative estimate of drug-likeness (QED) is 0.336. The number of hydrogen-bond acceptors (Lipinski definition) is 6. The summed E-state index contributed by atoms with van der Waals surface area (Å²) in [6, 6.07) is 14.3. The lowest BCUT2D eigenvalue weighted by Gasteiger charge is -2.19. The topological polar surface area (TPSA) is 113 Å². The van der Waals surface area contributed by atoms with Crippen LogP contribution in [-0.2, 0) is 37.4 Å². The Morgan fingerprint density at radius 3 is 2.31 bits per heavy atom. The minimum absolute atomic E-state index is 0.0838. The zero-order valence-electron chi connectivity index (χ0n) is 17.3. The van der Waals surface area contributed by atoms with Crippen LogP contribution in [-0.4, -0.2) is 42.3 Å². The maximum Gasteiger partial charge on any atom is 0.299 e. The molecular formula is C22H23FN2O6S. The van der Waals surface area contributed by atoms with Gasteiger partial charge in [0.05, 0.1) is 24.5 Å². The van der Waals surface area contributed by atoms with Gasteiger partial charge < -0.3 is 5.11 Å². The summed E-state index contributed by atoms with van der Waals surface area (Å²) >= 11 is 0. The zero-order chi connectivity index (χ0) is 23.4. The zero-order valence-corrected chi connectivity index (χ0v) is 18.1. The molecule has 0 spiro atoms. The fourth-order valence-corrected chi connectivity index (χ4v) is 4.73. The average molecular weight is 462 g/mol. The second-order valence-corrected chi connectivity index (χ2v) is 9.57. The van der Waals surface area contributed by atoms with Gasteiger partial charge in [-0.2, -0.15) is 0 Å². The first-order valence-electron chi connectivity index (χ1n) is 9.77. The van der Waals surface area contributed by atoms with E-state index in [-0.39, 0.29) is 13.0 Å². The molecule has 0 radical (unpaired) electrons. The third-order valence-corrected chi connectivity index (χ3v) is 7.32. The Morgan fingerprint density at radius 1 is 1.12 bits per heavy atom. The Bertz CT molecular complexity index is 1110. The number of rotatable bonds is 9. The van der Waals surface area contributed by atoms with E-state index in [2.05, 4.69) is 0 Å². The van der Waals surface area contributed by atoms with Crippen molar-refractivity contribution < 1.29 is 32.3 Å². The second-order valence-electron chi connectivity index (χ2n) is 7.49. The second kappa shape index (κ2) is 9.49. The van der Waals surface area contributed by atoms with Crippen molar-refractivity contribution in [3.05, 3.63) is 83.4 Å². The van der Waals surface area contributed by atoms with Gasteiger partial charge in [-0.25, -0.2) is 22.6 Å². The van der Waals surface area contributed by atoms with E-state index in [1.807, 2.05) is 10.8 Å². The van der Waals surface area contributed by atoms with Gasteiger partial charge in [-0.05, 0) is 42.5 Å². The average Bonchev–Trinajstić information content (AvgIpc) is 3.55. The highest BCUT2D eigenvalue weighted by Crippen LogP contribution is 2.45. The minimum atomic E-state index is -4.10. The Morgan fingerprint density at radius 2 is 1.75 bits per heavy atom. The number of hydrogen-bond donors (Lipinski definition) is 2. The fourth-order valence-electron chi connectivity index (χ4n) is 3.17. The molecule has 0 heterocycles. The number of hydroxylamine groups is 2. The number of nitrogens with one attached hydrogen (secondary N) is 1. The van der Waals surface area contributed by atoms with Crippen LogP contribution in [0.5, 0.6) is 0 Å². The SMILES string of the molecule is CON(Cc1ccc(F)cc1)C(=O)C=C(O)C(=O)NS(=O)(=O)C1(Cc2ccccc2)CC1.